The molecule has 0 fully saturated rings. The van der Waals surface area contributed by atoms with Crippen molar-refractivity contribution in [3.63, 3.8) is 0 Å². The number of alkyl halides is 9. The topological polar surface area (TPSA) is 0 Å². The third-order valence-electron chi connectivity index (χ3n) is 1.65. The molecule has 0 saturated carbocycles. The van der Waals surface area contributed by atoms with E-state index in [1.165, 1.54) is 0 Å². The molecule has 0 unspecified atom stereocenters. The summed E-state index contributed by atoms with van der Waals surface area (Å²) in [7, 11) is 0. The van der Waals surface area contributed by atoms with Crippen molar-refractivity contribution in [1.29, 1.82) is 0 Å². The van der Waals surface area contributed by atoms with E-state index in [1.54, 1.807) is 6.92 Å². The smallest absolute Gasteiger partial charge is 0.0982 e. The Morgan fingerprint density at radius 2 is 1.00 bits per heavy atom. The Bertz CT molecular complexity index is 225. The summed E-state index contributed by atoms with van der Waals surface area (Å²) >= 11 is 51.8. The lowest BCUT2D eigenvalue weighted by Crippen LogP contribution is -2.55. The van der Waals surface area contributed by atoms with Crippen molar-refractivity contribution < 1.29 is 0 Å². The Balaban J connectivity index is 5.38. The van der Waals surface area contributed by atoms with Gasteiger partial charge in [0, 0.05) is 0 Å². The van der Waals surface area contributed by atoms with Crippen molar-refractivity contribution in [2.24, 2.45) is 0 Å². The Labute approximate surface area is 133 Å². The van der Waals surface area contributed by atoms with Crippen molar-refractivity contribution >= 4 is 104 Å². The maximum atomic E-state index is 5.89. The van der Waals surface area contributed by atoms with Crippen LogP contribution < -0.4 is 0 Å². The van der Waals surface area contributed by atoms with Crippen molar-refractivity contribution in [2.45, 2.75) is 30.1 Å². The van der Waals surface area contributed by atoms with Gasteiger partial charge in [0.15, 0.2) is 13.0 Å². The first-order valence-electron chi connectivity index (χ1n) is 3.51. The summed E-state index contributed by atoms with van der Waals surface area (Å²) in [6.45, 7) is 1.63. The van der Waals surface area contributed by atoms with E-state index in [4.69, 9.17) is 104 Å². The van der Waals surface area contributed by atoms with E-state index in [1.807, 2.05) is 0 Å². The Morgan fingerprint density at radius 3 is 1.20 bits per heavy atom. The van der Waals surface area contributed by atoms with Gasteiger partial charge in [-0.1, -0.05) is 111 Å². The van der Waals surface area contributed by atoms with Crippen LogP contribution in [0.15, 0.2) is 0 Å². The normalized spacial score (nSPS) is 15.6. The number of halogens is 9. The molecule has 0 spiro atoms. The van der Waals surface area contributed by atoms with Gasteiger partial charge in [0.05, 0.1) is 0 Å². The van der Waals surface area contributed by atoms with Gasteiger partial charge in [-0.3, -0.25) is 0 Å². The van der Waals surface area contributed by atoms with Crippen molar-refractivity contribution in [3.05, 3.63) is 0 Å². The Kier molecular flexibility index (Phi) is 6.23. The molecule has 0 atom stereocenters. The van der Waals surface area contributed by atoms with Gasteiger partial charge in [0.25, 0.3) is 0 Å². The fourth-order valence-corrected chi connectivity index (χ4v) is 2.70. The monoisotopic (exact) mass is 392 g/mol. The summed E-state index contributed by atoms with van der Waals surface area (Å²) in [5.74, 6) is 0. The number of rotatable bonds is 3. The molecule has 0 aromatic rings. The minimum Gasteiger partial charge on any atom is -0.0982 e. The minimum atomic E-state index is -2.17. The lowest BCUT2D eigenvalue weighted by molar-refractivity contribution is 0.568. The average Bonchev–Trinajstić information content (AvgIpc) is 2.01. The fourth-order valence-electron chi connectivity index (χ4n) is 0.630. The molecule has 0 aliphatic heterocycles. The van der Waals surface area contributed by atoms with E-state index in [9.17, 15) is 0 Å². The molecule has 9 heteroatoms. The standard InChI is InChI=1S/C6H5Cl9/c1-2-3(7,8)4(9,10)5(11,12)6(13,14)15/h2H2,1H3. The molecule has 0 radical (unpaired) electrons. The zero-order chi connectivity index (χ0) is 12.7. The molecule has 0 saturated heterocycles. The molecule has 0 rings (SSSR count). The maximum absolute atomic E-state index is 5.89. The molecule has 15 heavy (non-hydrogen) atoms. The molecular weight excluding hydrogens is 391 g/mol. The van der Waals surface area contributed by atoms with Gasteiger partial charge in [-0.05, 0) is 6.42 Å². The quantitative estimate of drug-likeness (QED) is 0.492. The molecule has 0 N–H and O–H groups in total. The summed E-state index contributed by atoms with van der Waals surface area (Å²) in [6.07, 6.45) is 0.158. The molecule has 0 aliphatic carbocycles. The van der Waals surface area contributed by atoms with Crippen LogP contribution in [0, 0.1) is 0 Å². The molecular formula is C6H5Cl9. The highest BCUT2D eigenvalue weighted by molar-refractivity contribution is 6.80. The van der Waals surface area contributed by atoms with Gasteiger partial charge in [0.2, 0.25) is 3.79 Å². The Hall–Kier alpha value is 2.61. The fraction of sp³-hybridized carbons (Fsp3) is 1.00. The van der Waals surface area contributed by atoms with Gasteiger partial charge < -0.3 is 0 Å². The molecule has 0 heterocycles. The maximum Gasteiger partial charge on any atom is 0.226 e. The van der Waals surface area contributed by atoms with Crippen LogP contribution in [0.3, 0.4) is 0 Å². The molecule has 0 bridgehead atoms. The van der Waals surface area contributed by atoms with Gasteiger partial charge in [-0.15, -0.1) is 0 Å². The van der Waals surface area contributed by atoms with E-state index in [2.05, 4.69) is 0 Å². The van der Waals surface area contributed by atoms with E-state index in [0.717, 1.165) is 0 Å². The third kappa shape index (κ3) is 3.33. The van der Waals surface area contributed by atoms with Crippen LogP contribution in [0.4, 0.5) is 0 Å². The van der Waals surface area contributed by atoms with Crippen LogP contribution in [0.25, 0.3) is 0 Å². The van der Waals surface area contributed by atoms with Crippen LogP contribution in [0.5, 0.6) is 0 Å². The van der Waals surface area contributed by atoms with Gasteiger partial charge in [0.1, 0.15) is 0 Å². The van der Waals surface area contributed by atoms with Crippen LogP contribution in [-0.4, -0.2) is 16.8 Å². The highest BCUT2D eigenvalue weighted by Gasteiger charge is 2.67. The van der Waals surface area contributed by atoms with Crippen molar-refractivity contribution in [2.75, 3.05) is 0 Å². The zero-order valence-electron chi connectivity index (χ0n) is 7.11. The second kappa shape index (κ2) is 5.31. The molecule has 0 aromatic heterocycles. The predicted molar refractivity (Wildman–Crippen MR) is 73.9 cm³/mol. The van der Waals surface area contributed by atoms with Crippen LogP contribution in [0.2, 0.25) is 0 Å². The molecule has 0 amide bonds. The number of hydrogen-bond donors (Lipinski definition) is 0. The van der Waals surface area contributed by atoms with Crippen molar-refractivity contribution in [3.8, 4) is 0 Å². The van der Waals surface area contributed by atoms with E-state index in [-0.39, 0.29) is 6.42 Å². The summed E-state index contributed by atoms with van der Waals surface area (Å²) in [6, 6.07) is 0. The lowest BCUT2D eigenvalue weighted by atomic mass is 10.1. The number of hydrogen-bond acceptors (Lipinski definition) is 0. The first-order chi connectivity index (χ1) is 6.31. The van der Waals surface area contributed by atoms with Gasteiger partial charge >= 0.3 is 0 Å². The average molecular weight is 396 g/mol. The summed E-state index contributed by atoms with van der Waals surface area (Å²) in [5.41, 5.74) is 0. The van der Waals surface area contributed by atoms with Gasteiger partial charge in [-0.25, -0.2) is 0 Å². The molecule has 0 nitrogen and oxygen atoms in total. The van der Waals surface area contributed by atoms with Gasteiger partial charge in [-0.2, -0.15) is 0 Å². The van der Waals surface area contributed by atoms with E-state index >= 15 is 0 Å². The van der Waals surface area contributed by atoms with E-state index in [0.29, 0.717) is 0 Å². The molecule has 92 valence electrons. The highest BCUT2D eigenvalue weighted by Crippen LogP contribution is 2.62. The first-order valence-corrected chi connectivity index (χ1v) is 6.91. The summed E-state index contributed by atoms with van der Waals surface area (Å²) in [5, 5.41) is 0. The predicted octanol–water partition coefficient (Wildman–Crippen LogP) is 6.29. The minimum absolute atomic E-state index is 0.158. The molecule has 0 aromatic carbocycles. The largest absolute Gasteiger partial charge is 0.226 e. The highest BCUT2D eigenvalue weighted by atomic mass is 35.6. The first kappa shape index (κ1) is 17.6. The lowest BCUT2D eigenvalue weighted by Gasteiger charge is -2.43. The SMILES string of the molecule is CCC(Cl)(Cl)C(Cl)(Cl)C(Cl)(Cl)C(Cl)(Cl)Cl. The van der Waals surface area contributed by atoms with Crippen LogP contribution in [0.1, 0.15) is 13.3 Å². The summed E-state index contributed by atoms with van der Waals surface area (Å²) in [4.78, 5) is 0. The zero-order valence-corrected chi connectivity index (χ0v) is 13.9. The third-order valence-corrected chi connectivity index (χ3v) is 7.31. The van der Waals surface area contributed by atoms with Crippen molar-refractivity contribution in [1.82, 2.24) is 0 Å². The van der Waals surface area contributed by atoms with Crippen LogP contribution >= 0.6 is 104 Å². The summed E-state index contributed by atoms with van der Waals surface area (Å²) < 4.78 is -8.05. The second-order valence-corrected chi connectivity index (χ2v) is 9.12. The van der Waals surface area contributed by atoms with Crippen LogP contribution in [-0.2, 0) is 0 Å². The molecule has 0 aliphatic rings. The van der Waals surface area contributed by atoms with E-state index < -0.39 is 16.8 Å². The second-order valence-electron chi connectivity index (χ2n) is 2.70. The Morgan fingerprint density at radius 1 is 0.667 bits per heavy atom.